The van der Waals surface area contributed by atoms with Crippen molar-refractivity contribution in [3.05, 3.63) is 33.8 Å². The smallest absolute Gasteiger partial charge is 0.319 e. The van der Waals surface area contributed by atoms with Gasteiger partial charge in [0.1, 0.15) is 6.54 Å². The number of hydrogen-bond donors (Lipinski definition) is 3. The number of quaternary nitrogens is 1. The van der Waals surface area contributed by atoms with E-state index in [1.54, 1.807) is 19.1 Å². The van der Waals surface area contributed by atoms with Gasteiger partial charge in [0, 0.05) is 5.56 Å². The van der Waals surface area contributed by atoms with Crippen molar-refractivity contribution in [3.63, 3.8) is 0 Å². The number of halogens is 2. The molecule has 1 rings (SSSR count). The molecule has 0 aliphatic rings. The first kappa shape index (κ1) is 15.8. The van der Waals surface area contributed by atoms with Crippen molar-refractivity contribution < 1.29 is 14.5 Å². The average molecular weight is 305 g/mol. The van der Waals surface area contributed by atoms with Crippen LogP contribution in [0.5, 0.6) is 0 Å². The Hall–Kier alpha value is -1.30. The van der Waals surface area contributed by atoms with E-state index >= 15 is 0 Å². The second-order valence-electron chi connectivity index (χ2n) is 4.35. The molecule has 0 heterocycles. The van der Waals surface area contributed by atoms with Crippen LogP contribution >= 0.6 is 23.2 Å². The maximum Gasteiger partial charge on any atom is 0.319 e. The predicted molar refractivity (Wildman–Crippen MR) is 74.2 cm³/mol. The van der Waals surface area contributed by atoms with Gasteiger partial charge in [-0.2, -0.15) is 0 Å². The average Bonchev–Trinajstić information content (AvgIpc) is 2.32. The molecular weight excluding hydrogens is 289 g/mol. The SMILES string of the molecule is C[C@H](C(=O)NC(N)=O)[NH+](C)Cc1ccc(Cl)c(Cl)c1. The molecule has 0 aliphatic carbocycles. The number of carbonyl (C=O) groups is 2. The first-order chi connectivity index (χ1) is 8.81. The Balaban J connectivity index is 2.67. The maximum atomic E-state index is 11.6. The van der Waals surface area contributed by atoms with Crippen molar-refractivity contribution in [2.24, 2.45) is 5.73 Å². The van der Waals surface area contributed by atoms with Crippen LogP contribution in [0.1, 0.15) is 12.5 Å². The molecule has 7 heteroatoms. The van der Waals surface area contributed by atoms with Crippen molar-refractivity contribution >= 4 is 35.1 Å². The Morgan fingerprint density at radius 2 is 2.00 bits per heavy atom. The summed E-state index contributed by atoms with van der Waals surface area (Å²) in [7, 11) is 1.84. The van der Waals surface area contributed by atoms with E-state index in [4.69, 9.17) is 28.9 Å². The summed E-state index contributed by atoms with van der Waals surface area (Å²) in [6, 6.07) is 4.05. The second-order valence-corrected chi connectivity index (χ2v) is 5.16. The molecule has 19 heavy (non-hydrogen) atoms. The van der Waals surface area contributed by atoms with Crippen molar-refractivity contribution in [2.45, 2.75) is 19.5 Å². The van der Waals surface area contributed by atoms with Gasteiger partial charge in [0.05, 0.1) is 17.1 Å². The molecule has 0 spiro atoms. The third-order valence-electron chi connectivity index (χ3n) is 2.85. The number of imide groups is 1. The lowest BCUT2D eigenvalue weighted by Gasteiger charge is -2.20. The molecule has 1 unspecified atom stereocenters. The lowest BCUT2D eigenvalue weighted by molar-refractivity contribution is -0.908. The maximum absolute atomic E-state index is 11.6. The lowest BCUT2D eigenvalue weighted by Crippen LogP contribution is -3.12. The number of nitrogens with one attached hydrogen (secondary N) is 2. The zero-order valence-electron chi connectivity index (χ0n) is 10.7. The van der Waals surface area contributed by atoms with Gasteiger partial charge in [-0.15, -0.1) is 0 Å². The van der Waals surface area contributed by atoms with E-state index in [0.29, 0.717) is 16.6 Å². The van der Waals surface area contributed by atoms with Gasteiger partial charge in [-0.05, 0) is 19.1 Å². The summed E-state index contributed by atoms with van der Waals surface area (Å²) >= 11 is 11.8. The number of primary amides is 1. The van der Waals surface area contributed by atoms with E-state index in [1.165, 1.54) is 0 Å². The van der Waals surface area contributed by atoms with E-state index in [1.807, 2.05) is 13.1 Å². The molecule has 5 nitrogen and oxygen atoms in total. The zero-order valence-corrected chi connectivity index (χ0v) is 12.2. The highest BCUT2D eigenvalue weighted by Crippen LogP contribution is 2.22. The normalized spacial score (nSPS) is 13.7. The van der Waals surface area contributed by atoms with Crippen molar-refractivity contribution in [1.29, 1.82) is 0 Å². The first-order valence-electron chi connectivity index (χ1n) is 5.67. The van der Waals surface area contributed by atoms with Crippen LogP contribution < -0.4 is 16.0 Å². The fourth-order valence-electron chi connectivity index (χ4n) is 1.58. The molecule has 0 saturated carbocycles. The molecular formula is C12H16Cl2N3O2+. The van der Waals surface area contributed by atoms with Gasteiger partial charge in [-0.3, -0.25) is 10.1 Å². The third-order valence-corrected chi connectivity index (χ3v) is 3.58. The number of nitrogens with two attached hydrogens (primary N) is 1. The van der Waals surface area contributed by atoms with Gasteiger partial charge in [-0.1, -0.05) is 29.3 Å². The molecule has 0 saturated heterocycles. The lowest BCUT2D eigenvalue weighted by atomic mass is 10.2. The third kappa shape index (κ3) is 4.70. The van der Waals surface area contributed by atoms with Gasteiger partial charge in [0.25, 0.3) is 5.91 Å². The van der Waals surface area contributed by atoms with E-state index in [-0.39, 0.29) is 0 Å². The zero-order chi connectivity index (χ0) is 14.6. The Kier molecular flexibility index (Phi) is 5.60. The van der Waals surface area contributed by atoms with E-state index in [0.717, 1.165) is 10.5 Å². The molecule has 0 fully saturated rings. The molecule has 0 aromatic heterocycles. The minimum Gasteiger partial charge on any atom is -0.351 e. The molecule has 104 valence electrons. The number of benzene rings is 1. The van der Waals surface area contributed by atoms with Crippen LogP contribution in [0.2, 0.25) is 10.0 Å². The number of carbonyl (C=O) groups excluding carboxylic acids is 2. The standard InChI is InChI=1S/C12H15Cl2N3O2/c1-7(11(18)16-12(15)19)17(2)6-8-3-4-9(13)10(14)5-8/h3-5,7H,6H2,1-2H3,(H3,15,16,18,19)/p+1/t7-/m1/s1. The largest absolute Gasteiger partial charge is 0.351 e. The minimum atomic E-state index is -0.848. The number of urea groups is 1. The molecule has 1 aromatic carbocycles. The van der Waals surface area contributed by atoms with Gasteiger partial charge >= 0.3 is 6.03 Å². The molecule has 4 N–H and O–H groups in total. The highest BCUT2D eigenvalue weighted by atomic mass is 35.5. The summed E-state index contributed by atoms with van der Waals surface area (Å²) in [6.45, 7) is 2.29. The topological polar surface area (TPSA) is 76.6 Å². The van der Waals surface area contributed by atoms with Crippen molar-refractivity contribution in [3.8, 4) is 0 Å². The molecule has 0 bridgehead atoms. The quantitative estimate of drug-likeness (QED) is 0.761. The van der Waals surface area contributed by atoms with Crippen LogP contribution in [-0.2, 0) is 11.3 Å². The van der Waals surface area contributed by atoms with E-state index in [2.05, 4.69) is 5.32 Å². The fourth-order valence-corrected chi connectivity index (χ4v) is 1.90. The van der Waals surface area contributed by atoms with Gasteiger partial charge in [-0.25, -0.2) is 4.79 Å². The number of rotatable bonds is 4. The second kappa shape index (κ2) is 6.75. The van der Waals surface area contributed by atoms with Gasteiger partial charge in [0.15, 0.2) is 6.04 Å². The van der Waals surface area contributed by atoms with Crippen molar-refractivity contribution in [1.82, 2.24) is 5.32 Å². The summed E-state index contributed by atoms with van der Waals surface area (Å²) in [4.78, 5) is 23.2. The number of hydrogen-bond acceptors (Lipinski definition) is 2. The van der Waals surface area contributed by atoms with Crippen LogP contribution in [0.25, 0.3) is 0 Å². The van der Waals surface area contributed by atoms with Crippen LogP contribution in [0.4, 0.5) is 4.79 Å². The van der Waals surface area contributed by atoms with Crippen LogP contribution in [0, 0.1) is 0 Å². The van der Waals surface area contributed by atoms with Crippen LogP contribution in [0.3, 0.4) is 0 Å². The van der Waals surface area contributed by atoms with E-state index < -0.39 is 18.0 Å². The summed E-state index contributed by atoms with van der Waals surface area (Å²) in [5.41, 5.74) is 5.86. The molecule has 2 atom stereocenters. The summed E-state index contributed by atoms with van der Waals surface area (Å²) in [5.74, 6) is -0.412. The number of likely N-dealkylation sites (N-methyl/N-ethyl adjacent to an activating group) is 1. The molecule has 0 aliphatic heterocycles. The Morgan fingerprint density at radius 3 is 2.53 bits per heavy atom. The monoisotopic (exact) mass is 304 g/mol. The summed E-state index contributed by atoms with van der Waals surface area (Å²) in [5, 5.41) is 3.02. The van der Waals surface area contributed by atoms with E-state index in [9.17, 15) is 9.59 Å². The van der Waals surface area contributed by atoms with Gasteiger partial charge < -0.3 is 10.6 Å². The predicted octanol–water partition coefficient (Wildman–Crippen LogP) is 0.591. The Bertz CT molecular complexity index is 494. The Morgan fingerprint density at radius 1 is 1.37 bits per heavy atom. The molecule has 1 aromatic rings. The van der Waals surface area contributed by atoms with Crippen LogP contribution in [0.15, 0.2) is 18.2 Å². The van der Waals surface area contributed by atoms with Crippen molar-refractivity contribution in [2.75, 3.05) is 7.05 Å². The highest BCUT2D eigenvalue weighted by molar-refractivity contribution is 6.42. The highest BCUT2D eigenvalue weighted by Gasteiger charge is 2.23. The first-order valence-corrected chi connectivity index (χ1v) is 6.43. The van der Waals surface area contributed by atoms with Crippen LogP contribution in [-0.4, -0.2) is 25.0 Å². The Labute approximate surface area is 121 Å². The van der Waals surface area contributed by atoms with Gasteiger partial charge in [0.2, 0.25) is 0 Å². The number of amides is 3. The summed E-state index contributed by atoms with van der Waals surface area (Å²) < 4.78 is 0. The minimum absolute atomic E-state index is 0.412. The molecule has 3 amide bonds. The fraction of sp³-hybridized carbons (Fsp3) is 0.333. The summed E-state index contributed by atoms with van der Waals surface area (Å²) in [6.07, 6.45) is 0. The molecule has 0 radical (unpaired) electrons.